The fraction of sp³-hybridized carbons (Fsp3) is 1.00. The molecule has 1 unspecified atom stereocenters. The lowest BCUT2D eigenvalue weighted by molar-refractivity contribution is -0.356. The van der Waals surface area contributed by atoms with Crippen molar-refractivity contribution in [2.75, 3.05) is 6.61 Å². The SMILES string of the molecule is CC1(C)ON2[C@@H]3C4CC[C@@]35CCC[C@H]5[C@@]3(CCCO)[C@H]2[C@@H]1CC[C@@]43C. The van der Waals surface area contributed by atoms with Crippen molar-refractivity contribution in [3.8, 4) is 0 Å². The average Bonchev–Trinajstić information content (AvgIpc) is 3.22. The first kappa shape index (κ1) is 15.9. The van der Waals surface area contributed by atoms with Gasteiger partial charge in [-0.1, -0.05) is 13.3 Å². The van der Waals surface area contributed by atoms with Gasteiger partial charge in [-0.2, -0.15) is 5.06 Å². The molecule has 4 aliphatic carbocycles. The number of nitrogens with zero attached hydrogens (tertiary/aromatic N) is 1. The molecule has 25 heavy (non-hydrogen) atoms. The third kappa shape index (κ3) is 1.42. The summed E-state index contributed by atoms with van der Waals surface area (Å²) >= 11 is 0. The lowest BCUT2D eigenvalue weighted by atomic mass is 9.33. The summed E-state index contributed by atoms with van der Waals surface area (Å²) in [5.74, 6) is 2.40. The number of hydrogen-bond acceptors (Lipinski definition) is 3. The normalized spacial score (nSPS) is 60.2. The fourth-order valence-corrected chi connectivity index (χ4v) is 10.2. The molecule has 0 radical (unpaired) electrons. The second-order valence-corrected chi connectivity index (χ2v) is 11.2. The Kier molecular flexibility index (Phi) is 2.84. The van der Waals surface area contributed by atoms with Gasteiger partial charge in [-0.25, -0.2) is 0 Å². The molecule has 0 amide bonds. The Bertz CT molecular complexity index is 619. The first-order chi connectivity index (χ1) is 11.9. The van der Waals surface area contributed by atoms with Crippen LogP contribution >= 0.6 is 0 Å². The van der Waals surface area contributed by atoms with Crippen molar-refractivity contribution < 1.29 is 9.94 Å². The van der Waals surface area contributed by atoms with Crippen LogP contribution in [-0.4, -0.2) is 34.5 Å². The summed E-state index contributed by atoms with van der Waals surface area (Å²) in [5.41, 5.74) is 1.40. The minimum atomic E-state index is -0.00618. The van der Waals surface area contributed by atoms with E-state index in [2.05, 4.69) is 25.8 Å². The van der Waals surface area contributed by atoms with Gasteiger partial charge >= 0.3 is 0 Å². The number of aliphatic hydroxyl groups excluding tert-OH is 1. The molecule has 3 saturated heterocycles. The number of piperidine rings is 2. The van der Waals surface area contributed by atoms with Gasteiger partial charge in [0.15, 0.2) is 0 Å². The van der Waals surface area contributed by atoms with Crippen LogP contribution in [0.3, 0.4) is 0 Å². The van der Waals surface area contributed by atoms with Gasteiger partial charge in [-0.05, 0) is 93.3 Å². The standard InChI is InChI=1S/C22H35NO2/c1-19(2)14-7-11-20(3)15-8-12-21-9-4-6-16(21)22(20,10-5-13-24)18(14)23(25-19)17(15)21/h14-18,24H,4-13H2,1-3H3/t14-,15?,16+,17+,18+,20-,21+,22-/m0/s1. The summed E-state index contributed by atoms with van der Waals surface area (Å²) < 4.78 is 0. The largest absolute Gasteiger partial charge is 0.396 e. The Labute approximate surface area is 152 Å². The van der Waals surface area contributed by atoms with Gasteiger partial charge in [-0.15, -0.1) is 0 Å². The van der Waals surface area contributed by atoms with Gasteiger partial charge in [0.1, 0.15) is 0 Å². The van der Waals surface area contributed by atoms with E-state index in [1.54, 1.807) is 0 Å². The minimum absolute atomic E-state index is 0.00618. The van der Waals surface area contributed by atoms with Crippen LogP contribution in [0.5, 0.6) is 0 Å². The van der Waals surface area contributed by atoms with Crippen molar-refractivity contribution in [1.82, 2.24) is 5.06 Å². The van der Waals surface area contributed by atoms with Crippen molar-refractivity contribution in [1.29, 1.82) is 0 Å². The van der Waals surface area contributed by atoms with E-state index in [9.17, 15) is 5.11 Å². The van der Waals surface area contributed by atoms with Gasteiger partial charge < -0.3 is 5.11 Å². The highest BCUT2D eigenvalue weighted by atomic mass is 16.7. The third-order valence-corrected chi connectivity index (χ3v) is 10.6. The Morgan fingerprint density at radius 1 is 1.00 bits per heavy atom. The van der Waals surface area contributed by atoms with Gasteiger partial charge in [0.05, 0.1) is 5.60 Å². The summed E-state index contributed by atoms with van der Waals surface area (Å²) in [6, 6.07) is 1.30. The molecule has 1 N–H and O–H groups in total. The third-order valence-electron chi connectivity index (χ3n) is 10.6. The maximum absolute atomic E-state index is 9.76. The van der Waals surface area contributed by atoms with Crippen molar-refractivity contribution in [3.63, 3.8) is 0 Å². The zero-order valence-electron chi connectivity index (χ0n) is 16.3. The van der Waals surface area contributed by atoms with Crippen molar-refractivity contribution in [2.45, 2.75) is 96.2 Å². The van der Waals surface area contributed by atoms with Crippen molar-refractivity contribution >= 4 is 0 Å². The molecule has 6 bridgehead atoms. The number of hydroxylamine groups is 2. The minimum Gasteiger partial charge on any atom is -0.396 e. The lowest BCUT2D eigenvalue weighted by Crippen LogP contribution is -2.79. The van der Waals surface area contributed by atoms with Gasteiger partial charge in [-0.3, -0.25) is 4.84 Å². The molecule has 0 aromatic carbocycles. The Morgan fingerprint density at radius 2 is 1.80 bits per heavy atom. The number of hydrogen-bond donors (Lipinski definition) is 1. The Hall–Kier alpha value is -0.120. The highest BCUT2D eigenvalue weighted by Gasteiger charge is 2.84. The zero-order chi connectivity index (χ0) is 17.2. The molecule has 7 fully saturated rings. The van der Waals surface area contributed by atoms with E-state index in [1.165, 1.54) is 51.4 Å². The van der Waals surface area contributed by atoms with E-state index < -0.39 is 0 Å². The van der Waals surface area contributed by atoms with E-state index in [4.69, 9.17) is 4.84 Å². The molecule has 140 valence electrons. The second kappa shape index (κ2) is 4.47. The van der Waals surface area contributed by atoms with E-state index in [1.807, 2.05) is 0 Å². The molecule has 3 heteroatoms. The van der Waals surface area contributed by atoms with Gasteiger partial charge in [0, 0.05) is 24.6 Å². The molecule has 3 aliphatic heterocycles. The van der Waals surface area contributed by atoms with Crippen LogP contribution in [0, 0.1) is 34.0 Å². The molecule has 4 saturated carbocycles. The highest BCUT2D eigenvalue weighted by Crippen LogP contribution is 2.84. The van der Waals surface area contributed by atoms with Crippen LogP contribution < -0.4 is 0 Å². The van der Waals surface area contributed by atoms with E-state index >= 15 is 0 Å². The molecule has 0 aromatic heterocycles. The Morgan fingerprint density at radius 3 is 2.60 bits per heavy atom. The first-order valence-corrected chi connectivity index (χ1v) is 11.0. The molecule has 7 aliphatic rings. The van der Waals surface area contributed by atoms with Crippen LogP contribution in [0.4, 0.5) is 0 Å². The lowest BCUT2D eigenvalue weighted by Gasteiger charge is -2.75. The smallest absolute Gasteiger partial charge is 0.0888 e. The second-order valence-electron chi connectivity index (χ2n) is 11.2. The maximum Gasteiger partial charge on any atom is 0.0888 e. The monoisotopic (exact) mass is 345 g/mol. The molecule has 8 atom stereocenters. The number of rotatable bonds is 3. The van der Waals surface area contributed by atoms with Crippen LogP contribution in [-0.2, 0) is 4.84 Å². The fourth-order valence-electron chi connectivity index (χ4n) is 10.2. The molecule has 3 nitrogen and oxygen atoms in total. The van der Waals surface area contributed by atoms with Crippen LogP contribution in [0.25, 0.3) is 0 Å². The summed E-state index contributed by atoms with van der Waals surface area (Å²) in [5, 5.41) is 12.4. The average molecular weight is 346 g/mol. The topological polar surface area (TPSA) is 32.7 Å². The van der Waals surface area contributed by atoms with Gasteiger partial charge in [0.2, 0.25) is 0 Å². The number of aliphatic hydroxyl groups is 1. The maximum atomic E-state index is 9.76. The van der Waals surface area contributed by atoms with E-state index in [-0.39, 0.29) is 5.60 Å². The van der Waals surface area contributed by atoms with Crippen LogP contribution in [0.15, 0.2) is 0 Å². The van der Waals surface area contributed by atoms with E-state index in [0.717, 1.165) is 18.3 Å². The molecule has 1 spiro atoms. The Balaban J connectivity index is 1.61. The summed E-state index contributed by atoms with van der Waals surface area (Å²) in [7, 11) is 0. The molecular formula is C22H35NO2. The van der Waals surface area contributed by atoms with Crippen molar-refractivity contribution in [3.05, 3.63) is 0 Å². The molecule has 3 heterocycles. The van der Waals surface area contributed by atoms with Crippen LogP contribution in [0.1, 0.15) is 78.6 Å². The van der Waals surface area contributed by atoms with E-state index in [0.29, 0.717) is 40.9 Å². The van der Waals surface area contributed by atoms with Gasteiger partial charge in [0.25, 0.3) is 0 Å². The summed E-state index contributed by atoms with van der Waals surface area (Å²) in [4.78, 5) is 6.82. The molecule has 7 rings (SSSR count). The molecule has 0 aromatic rings. The first-order valence-electron chi connectivity index (χ1n) is 11.0. The molecular weight excluding hydrogens is 310 g/mol. The predicted octanol–water partition coefficient (Wildman–Crippen LogP) is 4.15. The van der Waals surface area contributed by atoms with Crippen LogP contribution in [0.2, 0.25) is 0 Å². The highest BCUT2D eigenvalue weighted by molar-refractivity contribution is 5.32. The summed E-state index contributed by atoms with van der Waals surface area (Å²) in [6.07, 6.45) is 12.1. The predicted molar refractivity (Wildman–Crippen MR) is 96.7 cm³/mol. The summed E-state index contributed by atoms with van der Waals surface area (Å²) in [6.45, 7) is 7.74. The zero-order valence-corrected chi connectivity index (χ0v) is 16.3. The van der Waals surface area contributed by atoms with Crippen molar-refractivity contribution in [2.24, 2.45) is 34.0 Å². The quantitative estimate of drug-likeness (QED) is 0.834.